The first kappa shape index (κ1) is 34.4. The molecular formula is C34H34FeN4O4S2. The zero-order valence-electron chi connectivity index (χ0n) is 25.7. The Bertz CT molecular complexity index is 1980. The first-order valence-electron chi connectivity index (χ1n) is 14.3. The number of hydrogen-bond acceptors (Lipinski definition) is 6. The van der Waals surface area contributed by atoms with E-state index in [1.807, 2.05) is 58.9 Å². The Morgan fingerprint density at radius 2 is 1.31 bits per heavy atom. The van der Waals surface area contributed by atoms with E-state index in [-0.39, 0.29) is 48.0 Å². The second-order valence-corrected chi connectivity index (χ2v) is 12.6. The van der Waals surface area contributed by atoms with E-state index in [9.17, 15) is 19.8 Å². The summed E-state index contributed by atoms with van der Waals surface area (Å²) < 4.78 is 0. The molecule has 11 heteroatoms. The fourth-order valence-electron chi connectivity index (χ4n) is 5.97. The van der Waals surface area contributed by atoms with Gasteiger partial charge in [-0.05, 0) is 69.7 Å². The quantitative estimate of drug-likeness (QED) is 0.143. The van der Waals surface area contributed by atoms with Gasteiger partial charge in [0.05, 0.1) is 22.8 Å². The van der Waals surface area contributed by atoms with Gasteiger partial charge in [0.25, 0.3) is 0 Å². The third-order valence-corrected chi connectivity index (χ3v) is 8.79. The van der Waals surface area contributed by atoms with E-state index in [1.54, 1.807) is 0 Å². The number of nitrogens with zero attached hydrogens (tertiary/aromatic N) is 4. The predicted octanol–water partition coefficient (Wildman–Crippen LogP) is 7.37. The van der Waals surface area contributed by atoms with Crippen LogP contribution < -0.4 is 9.97 Å². The molecule has 3 aromatic heterocycles. The summed E-state index contributed by atoms with van der Waals surface area (Å²) in [7, 11) is 0. The maximum Gasteiger partial charge on any atom is 2.00 e. The fraction of sp³-hybridized carbons (Fsp3) is 0.294. The molecule has 0 saturated heterocycles. The smallest absolute Gasteiger partial charge is 0.657 e. The van der Waals surface area contributed by atoms with Gasteiger partial charge in [-0.25, -0.2) is 9.97 Å². The van der Waals surface area contributed by atoms with E-state index in [2.05, 4.69) is 19.2 Å². The molecule has 2 aliphatic rings. The summed E-state index contributed by atoms with van der Waals surface area (Å²) >= 11 is 9.37. The van der Waals surface area contributed by atoms with Crippen molar-refractivity contribution in [2.45, 2.75) is 65.6 Å². The van der Waals surface area contributed by atoms with Gasteiger partial charge in [0.15, 0.2) is 0 Å². The number of aryl methyl sites for hydroxylation is 3. The van der Waals surface area contributed by atoms with Crippen LogP contribution in [0.2, 0.25) is 0 Å². The van der Waals surface area contributed by atoms with Gasteiger partial charge in [-0.1, -0.05) is 47.5 Å². The van der Waals surface area contributed by atoms with Crippen LogP contribution in [0.4, 0.5) is 0 Å². The zero-order chi connectivity index (χ0) is 32.0. The molecule has 0 saturated carbocycles. The topological polar surface area (TPSA) is 129 Å². The average Bonchev–Trinajstić information content (AvgIpc) is 3.59. The second kappa shape index (κ2) is 13.5. The molecule has 0 aromatic carbocycles. The first-order valence-corrected chi connectivity index (χ1v) is 15.3. The summed E-state index contributed by atoms with van der Waals surface area (Å²) in [5.74, 6) is -1.81. The summed E-state index contributed by atoms with van der Waals surface area (Å²) in [6.45, 7) is 14.0. The number of carbonyl (C=O) groups is 2. The molecule has 0 radical (unpaired) electrons. The van der Waals surface area contributed by atoms with E-state index in [1.165, 1.54) is 0 Å². The van der Waals surface area contributed by atoms with E-state index in [4.69, 9.17) is 32.6 Å². The van der Waals surface area contributed by atoms with Crippen molar-refractivity contribution < 1.29 is 36.9 Å². The molecule has 8 bridgehead atoms. The van der Waals surface area contributed by atoms with Gasteiger partial charge in [-0.3, -0.25) is 9.59 Å². The molecule has 5 heterocycles. The van der Waals surface area contributed by atoms with Gasteiger partial charge in [0.2, 0.25) is 0 Å². The molecule has 0 aliphatic carbocycles. The van der Waals surface area contributed by atoms with E-state index < -0.39 is 11.9 Å². The Kier molecular flexibility index (Phi) is 10.3. The van der Waals surface area contributed by atoms with Crippen molar-refractivity contribution >= 4 is 81.6 Å². The molecular weight excluding hydrogens is 648 g/mol. The van der Waals surface area contributed by atoms with Crippen molar-refractivity contribution in [1.29, 1.82) is 0 Å². The summed E-state index contributed by atoms with van der Waals surface area (Å²) in [6.07, 6.45) is 0.445. The Hall–Kier alpha value is -3.50. The first-order chi connectivity index (χ1) is 20.8. The summed E-state index contributed by atoms with van der Waals surface area (Å²) in [4.78, 5) is 43.6. The van der Waals surface area contributed by atoms with Gasteiger partial charge in [-0.2, -0.15) is 12.6 Å². The number of thiol groups is 2. The SMILES string of the molecule is C=C(S)C1=C(C)c2cc3[n-]c(cc4nc(cc5[n-]c(cc1n2)c(C)c5CCC(=O)O)C(CCC(=O)O)=C4C)c(C)c3[C@@H](C)S.[Fe+2]. The van der Waals surface area contributed by atoms with Crippen LogP contribution in [0, 0.1) is 13.8 Å². The maximum absolute atomic E-state index is 11.6. The van der Waals surface area contributed by atoms with Gasteiger partial charge < -0.3 is 20.2 Å². The Labute approximate surface area is 283 Å². The van der Waals surface area contributed by atoms with Crippen LogP contribution in [-0.4, -0.2) is 32.1 Å². The molecule has 234 valence electrons. The van der Waals surface area contributed by atoms with Crippen molar-refractivity contribution in [3.05, 3.63) is 80.8 Å². The third kappa shape index (κ3) is 6.72. The minimum absolute atomic E-state index is 0. The van der Waals surface area contributed by atoms with Gasteiger partial charge in [-0.15, -0.1) is 34.7 Å². The monoisotopic (exact) mass is 682 g/mol. The zero-order valence-corrected chi connectivity index (χ0v) is 28.6. The van der Waals surface area contributed by atoms with Crippen molar-refractivity contribution in [2.75, 3.05) is 0 Å². The molecule has 0 amide bonds. The molecule has 8 nitrogen and oxygen atoms in total. The van der Waals surface area contributed by atoms with Crippen molar-refractivity contribution in [3.8, 4) is 0 Å². The Morgan fingerprint density at radius 1 is 0.800 bits per heavy atom. The van der Waals surface area contributed by atoms with Crippen LogP contribution in [0.15, 0.2) is 35.7 Å². The summed E-state index contributed by atoms with van der Waals surface area (Å²) in [5, 5.41) is 18.9. The van der Waals surface area contributed by atoms with Crippen LogP contribution in [0.1, 0.15) is 90.3 Å². The van der Waals surface area contributed by atoms with E-state index >= 15 is 0 Å². The fourth-order valence-corrected chi connectivity index (χ4v) is 6.58. The number of carboxylic acids is 2. The maximum atomic E-state index is 11.6. The standard InChI is InChI=1S/C34H36N4O4S2.Fe/c1-15-21(7-9-31(39)40)27-14-28-22(8-10-32(41)42)16(2)24(36-28)12-29-34(20(6)44)18(4)26(38-29)13-30-33(19(5)43)17(3)25(37-30)11-23(15)35-27;/h11-14,19H,6-10H2,1-5H3,(H6,35,36,37,38,39,40,41,42,43,44);/q;+2/p-2/t19-;/m1./s1. The number of rotatable bonds is 8. The van der Waals surface area contributed by atoms with Crippen molar-refractivity contribution in [2.24, 2.45) is 0 Å². The third-order valence-electron chi connectivity index (χ3n) is 8.31. The number of aromatic nitrogens is 4. The second-order valence-electron chi connectivity index (χ2n) is 11.3. The molecule has 2 N–H and O–H groups in total. The number of aliphatic carboxylic acids is 2. The minimum atomic E-state index is -0.907. The van der Waals surface area contributed by atoms with Crippen LogP contribution in [0.3, 0.4) is 0 Å². The van der Waals surface area contributed by atoms with Crippen LogP contribution >= 0.6 is 25.3 Å². The number of fused-ring (bicyclic) bond motifs is 8. The molecule has 45 heavy (non-hydrogen) atoms. The van der Waals surface area contributed by atoms with Crippen LogP contribution in [0.25, 0.3) is 44.4 Å². The predicted molar refractivity (Wildman–Crippen MR) is 182 cm³/mol. The molecule has 0 fully saturated rings. The summed E-state index contributed by atoms with van der Waals surface area (Å²) in [5.41, 5.74) is 12.4. The normalized spacial score (nSPS) is 13.6. The number of carboxylic acid groups (broad SMARTS) is 2. The largest absolute Gasteiger partial charge is 2.00 e. The minimum Gasteiger partial charge on any atom is -0.657 e. The molecule has 0 spiro atoms. The van der Waals surface area contributed by atoms with Gasteiger partial charge in [0, 0.05) is 28.6 Å². The van der Waals surface area contributed by atoms with Gasteiger partial charge >= 0.3 is 29.0 Å². The van der Waals surface area contributed by atoms with Gasteiger partial charge in [0.1, 0.15) is 0 Å². The van der Waals surface area contributed by atoms with E-state index in [0.717, 1.165) is 61.3 Å². The van der Waals surface area contributed by atoms with Crippen molar-refractivity contribution in [3.63, 3.8) is 0 Å². The summed E-state index contributed by atoms with van der Waals surface area (Å²) in [6, 6.07) is 7.62. The average molecular weight is 683 g/mol. The molecule has 1 atom stereocenters. The molecule has 3 aromatic rings. The van der Waals surface area contributed by atoms with Crippen LogP contribution in [-0.2, 0) is 33.1 Å². The van der Waals surface area contributed by atoms with Crippen molar-refractivity contribution in [1.82, 2.24) is 19.9 Å². The number of allylic oxidation sites excluding steroid dienone is 4. The Balaban J connectivity index is 0.00000461. The molecule has 5 rings (SSSR count). The Morgan fingerprint density at radius 3 is 1.93 bits per heavy atom. The number of hydrogen-bond donors (Lipinski definition) is 4. The van der Waals surface area contributed by atoms with Crippen LogP contribution in [0.5, 0.6) is 0 Å². The molecule has 0 unspecified atom stereocenters. The molecule has 2 aliphatic heterocycles. The van der Waals surface area contributed by atoms with E-state index in [0.29, 0.717) is 33.0 Å².